The first kappa shape index (κ1) is 18.3. The van der Waals surface area contributed by atoms with Crippen LogP contribution in [0.5, 0.6) is 5.75 Å². The maximum absolute atomic E-state index is 12.1. The van der Waals surface area contributed by atoms with E-state index in [1.54, 1.807) is 20.8 Å². The molecule has 1 heterocycles. The first-order chi connectivity index (χ1) is 12.3. The first-order valence-corrected chi connectivity index (χ1v) is 8.94. The summed E-state index contributed by atoms with van der Waals surface area (Å²) in [6.07, 6.45) is 0. The normalized spacial score (nSPS) is 11.6. The summed E-state index contributed by atoms with van der Waals surface area (Å²) < 4.78 is 11.0. The van der Waals surface area contributed by atoms with E-state index in [9.17, 15) is 4.79 Å². The molecule has 4 nitrogen and oxygen atoms in total. The van der Waals surface area contributed by atoms with Crippen molar-refractivity contribution in [3.63, 3.8) is 0 Å². The molecule has 136 valence electrons. The highest BCUT2D eigenvalue weighted by molar-refractivity contribution is 6.33. The Morgan fingerprint density at radius 1 is 1.19 bits per heavy atom. The quantitative estimate of drug-likeness (QED) is 0.601. The second kappa shape index (κ2) is 7.04. The predicted octanol–water partition coefficient (Wildman–Crippen LogP) is 5.52. The number of ether oxygens (including phenoxy) is 2. The summed E-state index contributed by atoms with van der Waals surface area (Å²) in [7, 11) is 0. The number of nitrogens with one attached hydrogen (secondary N) is 1. The highest BCUT2D eigenvalue weighted by Crippen LogP contribution is 2.38. The Bertz CT molecular complexity index is 959. The number of rotatable bonds is 5. The summed E-state index contributed by atoms with van der Waals surface area (Å²) in [5.74, 6) is 0.208. The molecular formula is C21H22ClNO3. The summed E-state index contributed by atoms with van der Waals surface area (Å²) in [6, 6.07) is 13.5. The fourth-order valence-corrected chi connectivity index (χ4v) is 3.25. The van der Waals surface area contributed by atoms with E-state index >= 15 is 0 Å². The summed E-state index contributed by atoms with van der Waals surface area (Å²) in [5.41, 5.74) is 2.93. The van der Waals surface area contributed by atoms with Crippen molar-refractivity contribution in [3.05, 3.63) is 53.2 Å². The lowest BCUT2D eigenvalue weighted by Gasteiger charge is -2.24. The maximum atomic E-state index is 12.1. The van der Waals surface area contributed by atoms with Crippen molar-refractivity contribution < 1.29 is 14.3 Å². The molecule has 0 bridgehead atoms. The molecule has 2 aromatic carbocycles. The number of H-pyrrole nitrogens is 1. The molecule has 0 saturated heterocycles. The van der Waals surface area contributed by atoms with Crippen LogP contribution >= 0.6 is 11.6 Å². The number of halogens is 1. The van der Waals surface area contributed by atoms with Crippen molar-refractivity contribution in [2.24, 2.45) is 0 Å². The number of aryl methyl sites for hydroxylation is 1. The zero-order valence-electron chi connectivity index (χ0n) is 15.4. The number of aromatic amines is 1. The number of hydrogen-bond acceptors (Lipinski definition) is 3. The topological polar surface area (TPSA) is 51.3 Å². The molecule has 0 aliphatic rings. The molecule has 3 aromatic rings. The number of esters is 1. The minimum absolute atomic E-state index is 0.318. The number of carbonyl (C=O) groups is 1. The highest BCUT2D eigenvalue weighted by Gasteiger charge is 2.31. The van der Waals surface area contributed by atoms with Crippen LogP contribution in [0, 0.1) is 6.92 Å². The van der Waals surface area contributed by atoms with Gasteiger partial charge in [0.25, 0.3) is 0 Å². The number of fused-ring (bicyclic) bond motifs is 1. The fourth-order valence-electron chi connectivity index (χ4n) is 3.02. The molecule has 0 amide bonds. The SMILES string of the molecule is CCOC(=O)C(C)(C)Oc1ccc2[nH]c(C)c(-c3ccccc3Cl)c2c1. The molecule has 5 heteroatoms. The van der Waals surface area contributed by atoms with Crippen LogP contribution in [0.25, 0.3) is 22.0 Å². The zero-order chi connectivity index (χ0) is 18.9. The van der Waals surface area contributed by atoms with Gasteiger partial charge in [-0.05, 0) is 52.0 Å². The minimum Gasteiger partial charge on any atom is -0.476 e. The Balaban J connectivity index is 2.05. The summed E-state index contributed by atoms with van der Waals surface area (Å²) in [4.78, 5) is 15.5. The van der Waals surface area contributed by atoms with Crippen LogP contribution < -0.4 is 4.74 Å². The van der Waals surface area contributed by atoms with Crippen LogP contribution in [0.2, 0.25) is 5.02 Å². The van der Waals surface area contributed by atoms with E-state index in [2.05, 4.69) is 4.98 Å². The third kappa shape index (κ3) is 3.42. The zero-order valence-corrected chi connectivity index (χ0v) is 16.1. The van der Waals surface area contributed by atoms with Gasteiger partial charge in [0.05, 0.1) is 6.61 Å². The van der Waals surface area contributed by atoms with Crippen molar-refractivity contribution in [2.45, 2.75) is 33.3 Å². The minimum atomic E-state index is -1.07. The van der Waals surface area contributed by atoms with Gasteiger partial charge in [-0.3, -0.25) is 0 Å². The molecule has 0 saturated carbocycles. The van der Waals surface area contributed by atoms with Crippen molar-refractivity contribution >= 4 is 28.5 Å². The molecule has 3 rings (SSSR count). The van der Waals surface area contributed by atoms with Crippen molar-refractivity contribution in [1.82, 2.24) is 4.98 Å². The van der Waals surface area contributed by atoms with Gasteiger partial charge in [-0.1, -0.05) is 29.8 Å². The molecule has 0 atom stereocenters. The standard InChI is InChI=1S/C21H22ClNO3/c1-5-25-20(24)21(3,4)26-14-10-11-18-16(12-14)19(13(2)23-18)15-8-6-7-9-17(15)22/h6-12,23H,5H2,1-4H3. The van der Waals surface area contributed by atoms with Gasteiger partial charge >= 0.3 is 5.97 Å². The number of carbonyl (C=O) groups excluding carboxylic acids is 1. The molecule has 0 fully saturated rings. The Kier molecular flexibility index (Phi) is 4.97. The molecule has 26 heavy (non-hydrogen) atoms. The first-order valence-electron chi connectivity index (χ1n) is 8.57. The van der Waals surface area contributed by atoms with Crippen LogP contribution in [0.1, 0.15) is 26.5 Å². The largest absolute Gasteiger partial charge is 0.476 e. The Hall–Kier alpha value is -2.46. The summed E-state index contributed by atoms with van der Waals surface area (Å²) in [5, 5.41) is 1.68. The third-order valence-electron chi connectivity index (χ3n) is 4.24. The average molecular weight is 372 g/mol. The van der Waals surface area contributed by atoms with Crippen LogP contribution in [0.15, 0.2) is 42.5 Å². The monoisotopic (exact) mass is 371 g/mol. The Morgan fingerprint density at radius 2 is 1.92 bits per heavy atom. The lowest BCUT2D eigenvalue weighted by Crippen LogP contribution is -2.39. The summed E-state index contributed by atoms with van der Waals surface area (Å²) >= 11 is 6.40. The van der Waals surface area contributed by atoms with E-state index in [1.165, 1.54) is 0 Å². The van der Waals surface area contributed by atoms with Crippen LogP contribution in [0.3, 0.4) is 0 Å². The van der Waals surface area contributed by atoms with E-state index in [0.29, 0.717) is 17.4 Å². The van der Waals surface area contributed by atoms with E-state index < -0.39 is 11.6 Å². The Labute approximate surface area is 158 Å². The van der Waals surface area contributed by atoms with Crippen LogP contribution in [-0.4, -0.2) is 23.2 Å². The summed E-state index contributed by atoms with van der Waals surface area (Å²) in [6.45, 7) is 7.51. The van der Waals surface area contributed by atoms with E-state index in [1.807, 2.05) is 49.4 Å². The second-order valence-electron chi connectivity index (χ2n) is 6.65. The lowest BCUT2D eigenvalue weighted by molar-refractivity contribution is -0.158. The molecule has 0 aliphatic heterocycles. The predicted molar refractivity (Wildman–Crippen MR) is 105 cm³/mol. The molecular weight excluding hydrogens is 350 g/mol. The number of benzene rings is 2. The van der Waals surface area contributed by atoms with Gasteiger partial charge in [0.1, 0.15) is 5.75 Å². The highest BCUT2D eigenvalue weighted by atomic mass is 35.5. The molecule has 1 aromatic heterocycles. The van der Waals surface area contributed by atoms with Gasteiger partial charge in [0.2, 0.25) is 0 Å². The van der Waals surface area contributed by atoms with E-state index in [0.717, 1.165) is 27.7 Å². The maximum Gasteiger partial charge on any atom is 0.349 e. The van der Waals surface area contributed by atoms with Crippen LogP contribution in [-0.2, 0) is 9.53 Å². The van der Waals surface area contributed by atoms with Gasteiger partial charge in [-0.2, -0.15) is 0 Å². The average Bonchev–Trinajstić information content (AvgIpc) is 2.90. The smallest absolute Gasteiger partial charge is 0.349 e. The van der Waals surface area contributed by atoms with Gasteiger partial charge < -0.3 is 14.5 Å². The lowest BCUT2D eigenvalue weighted by atomic mass is 10.0. The van der Waals surface area contributed by atoms with Gasteiger partial charge in [-0.25, -0.2) is 4.79 Å². The molecule has 0 unspecified atom stereocenters. The van der Waals surface area contributed by atoms with Crippen LogP contribution in [0.4, 0.5) is 0 Å². The van der Waals surface area contributed by atoms with Gasteiger partial charge in [-0.15, -0.1) is 0 Å². The Morgan fingerprint density at radius 3 is 2.62 bits per heavy atom. The van der Waals surface area contributed by atoms with Gasteiger partial charge in [0.15, 0.2) is 5.60 Å². The molecule has 0 aliphatic carbocycles. The van der Waals surface area contributed by atoms with Gasteiger partial charge in [0, 0.05) is 32.7 Å². The fraction of sp³-hybridized carbons (Fsp3) is 0.286. The molecule has 1 N–H and O–H groups in total. The molecule has 0 radical (unpaired) electrons. The number of aromatic nitrogens is 1. The van der Waals surface area contributed by atoms with E-state index in [-0.39, 0.29) is 0 Å². The third-order valence-corrected chi connectivity index (χ3v) is 4.57. The van der Waals surface area contributed by atoms with E-state index in [4.69, 9.17) is 21.1 Å². The second-order valence-corrected chi connectivity index (χ2v) is 7.05. The van der Waals surface area contributed by atoms with Crippen molar-refractivity contribution in [1.29, 1.82) is 0 Å². The molecule has 0 spiro atoms. The van der Waals surface area contributed by atoms with Crippen molar-refractivity contribution in [2.75, 3.05) is 6.61 Å². The number of hydrogen-bond donors (Lipinski definition) is 1. The van der Waals surface area contributed by atoms with Crippen molar-refractivity contribution in [3.8, 4) is 16.9 Å².